The van der Waals surface area contributed by atoms with Crippen LogP contribution in [0.3, 0.4) is 0 Å². The van der Waals surface area contributed by atoms with E-state index in [1.807, 2.05) is 0 Å². The Bertz CT molecular complexity index is 1960. The van der Waals surface area contributed by atoms with E-state index in [1.54, 1.807) is 0 Å². The van der Waals surface area contributed by atoms with Gasteiger partial charge in [0.15, 0.2) is 0 Å². The summed E-state index contributed by atoms with van der Waals surface area (Å²) in [5.41, 5.74) is 7.92. The monoisotopic (exact) mass is 512 g/mol. The summed E-state index contributed by atoms with van der Waals surface area (Å²) >= 11 is 0. The molecule has 0 N–H and O–H groups in total. The van der Waals surface area contributed by atoms with Gasteiger partial charge in [-0.15, -0.1) is 0 Å². The Morgan fingerprint density at radius 3 is 1.69 bits per heavy atom. The molecule has 0 saturated heterocycles. The molecule has 39 heavy (non-hydrogen) atoms. The summed E-state index contributed by atoms with van der Waals surface area (Å²) in [5, 5.41) is 9.52. The maximum absolute atomic E-state index is 2.40. The lowest BCUT2D eigenvalue weighted by Gasteiger charge is -2.22. The van der Waals surface area contributed by atoms with Crippen LogP contribution >= 0.6 is 7.92 Å². The van der Waals surface area contributed by atoms with Gasteiger partial charge in [-0.2, -0.15) is 0 Å². The highest BCUT2D eigenvalue weighted by Gasteiger charge is 2.26. The molecule has 1 unspecified atom stereocenters. The summed E-state index contributed by atoms with van der Waals surface area (Å²) in [4.78, 5) is 0. The van der Waals surface area contributed by atoms with Crippen LogP contribution in [0.1, 0.15) is 0 Å². The summed E-state index contributed by atoms with van der Waals surface area (Å²) in [6, 6.07) is 56.1. The molecule has 0 spiro atoms. The second kappa shape index (κ2) is 9.05. The van der Waals surface area contributed by atoms with Gasteiger partial charge in [-0.3, -0.25) is 0 Å². The van der Waals surface area contributed by atoms with Crippen molar-refractivity contribution in [2.45, 2.75) is 0 Å². The predicted octanol–water partition coefficient (Wildman–Crippen LogP) is 9.07. The summed E-state index contributed by atoms with van der Waals surface area (Å²) in [7, 11) is -0.756. The SMILES string of the molecule is c1ccc(-c2cccc(P(c3ccccc3)c3ccc4c5c(cccc35)-c3cc5ccccc5cc3-4)c2)cc1. The summed E-state index contributed by atoms with van der Waals surface area (Å²) in [6.45, 7) is 0. The van der Waals surface area contributed by atoms with E-state index in [2.05, 4.69) is 152 Å². The first-order valence-corrected chi connectivity index (χ1v) is 14.8. The zero-order valence-electron chi connectivity index (χ0n) is 21.4. The molecule has 182 valence electrons. The molecule has 1 aliphatic rings. The van der Waals surface area contributed by atoms with Crippen molar-refractivity contribution in [2.75, 3.05) is 0 Å². The molecule has 0 aromatic heterocycles. The van der Waals surface area contributed by atoms with Gasteiger partial charge in [0.25, 0.3) is 0 Å². The molecule has 1 heteroatoms. The average Bonchev–Trinajstić information content (AvgIpc) is 3.32. The van der Waals surface area contributed by atoms with Gasteiger partial charge in [0.1, 0.15) is 0 Å². The van der Waals surface area contributed by atoms with E-state index in [9.17, 15) is 0 Å². The number of benzene rings is 7. The Labute approximate surface area is 230 Å². The Hall–Kier alpha value is -4.51. The van der Waals surface area contributed by atoms with Crippen LogP contribution in [0.25, 0.3) is 54.9 Å². The highest BCUT2D eigenvalue weighted by atomic mass is 31.1. The minimum absolute atomic E-state index is 0.756. The molecule has 7 aromatic rings. The zero-order valence-corrected chi connectivity index (χ0v) is 22.3. The standard InChI is InChI=1S/C38H25P/c1-3-11-26(12-4-1)27-15-9-18-31(23-27)39(30-16-5-2-6-17-30)37-22-21-33-36-25-29-14-8-7-13-28(29)24-35(36)32-19-10-20-34(37)38(32)33/h1-25H. The molecular formula is C38H25P. The molecule has 0 heterocycles. The maximum atomic E-state index is 2.40. The van der Waals surface area contributed by atoms with Crippen LogP contribution in [-0.2, 0) is 0 Å². The molecular weight excluding hydrogens is 487 g/mol. The fourth-order valence-corrected chi connectivity index (χ4v) is 8.66. The van der Waals surface area contributed by atoms with Crippen LogP contribution in [0.2, 0.25) is 0 Å². The Kier molecular flexibility index (Phi) is 5.22. The summed E-state index contributed by atoms with van der Waals surface area (Å²) < 4.78 is 0. The van der Waals surface area contributed by atoms with Gasteiger partial charge in [0.2, 0.25) is 0 Å². The predicted molar refractivity (Wildman–Crippen MR) is 170 cm³/mol. The lowest BCUT2D eigenvalue weighted by Crippen LogP contribution is -2.21. The second-order valence-corrected chi connectivity index (χ2v) is 12.4. The number of fused-ring (bicyclic) bond motifs is 4. The van der Waals surface area contributed by atoms with Crippen molar-refractivity contribution in [3.63, 3.8) is 0 Å². The number of hydrogen-bond donors (Lipinski definition) is 0. The van der Waals surface area contributed by atoms with Crippen LogP contribution in [-0.4, -0.2) is 0 Å². The van der Waals surface area contributed by atoms with Gasteiger partial charge in [-0.05, 0) is 97.0 Å². The quantitative estimate of drug-likeness (QED) is 0.206. The first-order valence-electron chi connectivity index (χ1n) is 13.5. The zero-order chi connectivity index (χ0) is 25.8. The van der Waals surface area contributed by atoms with Crippen molar-refractivity contribution in [2.24, 2.45) is 0 Å². The van der Waals surface area contributed by atoms with Gasteiger partial charge in [-0.25, -0.2) is 0 Å². The Balaban J connectivity index is 1.37. The molecule has 0 bridgehead atoms. The maximum Gasteiger partial charge on any atom is -0.00197 e. The van der Waals surface area contributed by atoms with E-state index in [-0.39, 0.29) is 0 Å². The molecule has 0 fully saturated rings. The van der Waals surface area contributed by atoms with Crippen molar-refractivity contribution in [1.29, 1.82) is 0 Å². The number of rotatable bonds is 4. The second-order valence-electron chi connectivity index (χ2n) is 10.2. The van der Waals surface area contributed by atoms with Gasteiger partial charge in [-0.1, -0.05) is 133 Å². The molecule has 8 rings (SSSR count). The molecule has 0 saturated carbocycles. The Morgan fingerprint density at radius 1 is 0.359 bits per heavy atom. The van der Waals surface area contributed by atoms with Gasteiger partial charge >= 0.3 is 0 Å². The van der Waals surface area contributed by atoms with E-state index < -0.39 is 7.92 Å². The highest BCUT2D eigenvalue weighted by molar-refractivity contribution is 7.80. The Morgan fingerprint density at radius 2 is 0.949 bits per heavy atom. The molecule has 0 radical (unpaired) electrons. The van der Waals surface area contributed by atoms with Crippen molar-refractivity contribution in [3.05, 3.63) is 152 Å². The summed E-state index contributed by atoms with van der Waals surface area (Å²) in [6.07, 6.45) is 0. The highest BCUT2D eigenvalue weighted by Crippen LogP contribution is 2.50. The molecule has 1 atom stereocenters. The van der Waals surface area contributed by atoms with E-state index >= 15 is 0 Å². The normalized spacial score (nSPS) is 12.5. The first-order chi connectivity index (χ1) is 19.3. The average molecular weight is 513 g/mol. The molecule has 0 nitrogen and oxygen atoms in total. The third kappa shape index (κ3) is 3.64. The van der Waals surface area contributed by atoms with Crippen LogP contribution in [0, 0.1) is 0 Å². The van der Waals surface area contributed by atoms with Crippen LogP contribution in [0.4, 0.5) is 0 Å². The van der Waals surface area contributed by atoms with Crippen LogP contribution < -0.4 is 15.9 Å². The minimum Gasteiger partial charge on any atom is -0.0622 e. The molecule has 7 aromatic carbocycles. The first kappa shape index (κ1) is 22.5. The van der Waals surface area contributed by atoms with Crippen molar-refractivity contribution in [1.82, 2.24) is 0 Å². The third-order valence-corrected chi connectivity index (χ3v) is 10.4. The van der Waals surface area contributed by atoms with Crippen LogP contribution in [0.5, 0.6) is 0 Å². The molecule has 0 aliphatic heterocycles. The van der Waals surface area contributed by atoms with Gasteiger partial charge in [0, 0.05) is 0 Å². The van der Waals surface area contributed by atoms with Gasteiger partial charge in [0.05, 0.1) is 0 Å². The topological polar surface area (TPSA) is 0 Å². The third-order valence-electron chi connectivity index (χ3n) is 7.95. The van der Waals surface area contributed by atoms with E-state index in [4.69, 9.17) is 0 Å². The van der Waals surface area contributed by atoms with Gasteiger partial charge < -0.3 is 0 Å². The van der Waals surface area contributed by atoms with E-state index in [0.29, 0.717) is 0 Å². The molecule has 1 aliphatic carbocycles. The fraction of sp³-hybridized carbons (Fsp3) is 0. The van der Waals surface area contributed by atoms with Crippen LogP contribution in [0.15, 0.2) is 152 Å². The summed E-state index contributed by atoms with van der Waals surface area (Å²) in [5.74, 6) is 0. The molecule has 0 amide bonds. The fourth-order valence-electron chi connectivity index (χ4n) is 6.18. The smallest absolute Gasteiger partial charge is 0.00197 e. The van der Waals surface area contributed by atoms with Crippen molar-refractivity contribution < 1.29 is 0 Å². The lowest BCUT2D eigenvalue weighted by molar-refractivity contribution is 1.64. The largest absolute Gasteiger partial charge is 0.0622 e. The van der Waals surface area contributed by atoms with Crippen molar-refractivity contribution in [3.8, 4) is 33.4 Å². The minimum atomic E-state index is -0.756. The number of hydrogen-bond acceptors (Lipinski definition) is 0. The van der Waals surface area contributed by atoms with Crippen molar-refractivity contribution >= 4 is 45.4 Å². The van der Waals surface area contributed by atoms with E-state index in [1.165, 1.54) is 70.8 Å². The van der Waals surface area contributed by atoms with E-state index in [0.717, 1.165) is 0 Å². The lowest BCUT2D eigenvalue weighted by atomic mass is 9.99.